The van der Waals surface area contributed by atoms with E-state index in [9.17, 15) is 4.79 Å². The minimum atomic E-state index is -0.348. The van der Waals surface area contributed by atoms with Crippen LogP contribution in [0.4, 0.5) is 4.79 Å². The predicted molar refractivity (Wildman–Crippen MR) is 54.1 cm³/mol. The third kappa shape index (κ3) is 3.53. The summed E-state index contributed by atoms with van der Waals surface area (Å²) in [4.78, 5) is 14.7. The Morgan fingerprint density at radius 3 is 2.54 bits per heavy atom. The molecule has 1 aliphatic heterocycles. The average molecular weight is 205 g/mol. The first-order chi connectivity index (χ1) is 6.09. The second kappa shape index (κ2) is 4.82. The van der Waals surface area contributed by atoms with Gasteiger partial charge in [0.1, 0.15) is 0 Å². The van der Waals surface area contributed by atoms with Crippen LogP contribution >= 0.6 is 11.6 Å². The zero-order valence-corrected chi connectivity index (χ0v) is 9.05. The molecule has 0 bridgehead atoms. The molecule has 0 atom stereocenters. The van der Waals surface area contributed by atoms with Gasteiger partial charge in [-0.2, -0.15) is 0 Å². The highest BCUT2D eigenvalue weighted by atomic mass is 35.5. The third-order valence-corrected chi connectivity index (χ3v) is 2.96. The fraction of sp³-hybridized carbons (Fsp3) is 0.889. The van der Waals surface area contributed by atoms with Crippen molar-refractivity contribution in [1.82, 2.24) is 9.80 Å². The van der Waals surface area contributed by atoms with Gasteiger partial charge in [-0.25, -0.2) is 0 Å². The molecule has 1 saturated heterocycles. The maximum absolute atomic E-state index is 10.8. The van der Waals surface area contributed by atoms with Gasteiger partial charge >= 0.3 is 5.37 Å². The molecule has 0 aromatic rings. The zero-order chi connectivity index (χ0) is 9.84. The van der Waals surface area contributed by atoms with Gasteiger partial charge in [-0.15, -0.1) is 0 Å². The minimum Gasteiger partial charge on any atom is -0.332 e. The van der Waals surface area contributed by atoms with Gasteiger partial charge in [-0.1, -0.05) is 0 Å². The summed E-state index contributed by atoms with van der Waals surface area (Å²) in [5, 5.41) is -0.348. The third-order valence-electron chi connectivity index (χ3n) is 2.67. The molecule has 76 valence electrons. The van der Waals surface area contributed by atoms with Gasteiger partial charge < -0.3 is 9.80 Å². The van der Waals surface area contributed by atoms with Gasteiger partial charge in [0.2, 0.25) is 0 Å². The van der Waals surface area contributed by atoms with Gasteiger partial charge in [0.15, 0.2) is 0 Å². The Kier molecular flexibility index (Phi) is 4.00. The van der Waals surface area contributed by atoms with Crippen LogP contribution in [0.1, 0.15) is 12.8 Å². The molecule has 0 aromatic heterocycles. The molecule has 0 N–H and O–H groups in total. The van der Waals surface area contributed by atoms with Gasteiger partial charge in [0, 0.05) is 13.6 Å². The lowest BCUT2D eigenvalue weighted by Gasteiger charge is -2.30. The molecule has 1 fully saturated rings. The Labute approximate surface area is 84.6 Å². The average Bonchev–Trinajstić information content (AvgIpc) is 2.08. The van der Waals surface area contributed by atoms with E-state index in [1.807, 2.05) is 0 Å². The summed E-state index contributed by atoms with van der Waals surface area (Å²) in [7, 11) is 3.89. The van der Waals surface area contributed by atoms with Crippen molar-refractivity contribution in [2.75, 3.05) is 33.7 Å². The number of carbonyl (C=O) groups is 1. The highest BCUT2D eigenvalue weighted by molar-refractivity contribution is 6.62. The molecule has 1 amide bonds. The topological polar surface area (TPSA) is 23.6 Å². The van der Waals surface area contributed by atoms with E-state index in [0.717, 1.165) is 19.6 Å². The summed E-state index contributed by atoms with van der Waals surface area (Å²) < 4.78 is 0. The van der Waals surface area contributed by atoms with E-state index in [2.05, 4.69) is 11.9 Å². The van der Waals surface area contributed by atoms with E-state index in [1.165, 1.54) is 12.8 Å². The molecular formula is C9H17ClN2O. The van der Waals surface area contributed by atoms with Crippen molar-refractivity contribution >= 4 is 17.0 Å². The summed E-state index contributed by atoms with van der Waals surface area (Å²) in [5.41, 5.74) is 0. The van der Waals surface area contributed by atoms with Crippen molar-refractivity contribution in [2.24, 2.45) is 5.92 Å². The molecule has 1 heterocycles. The highest BCUT2D eigenvalue weighted by Gasteiger charge is 2.19. The van der Waals surface area contributed by atoms with Crippen LogP contribution in [-0.2, 0) is 0 Å². The molecule has 3 nitrogen and oxygen atoms in total. The Hall–Kier alpha value is -0.280. The SMILES string of the molecule is CN1CCC(CN(C)C(=O)Cl)CC1. The van der Waals surface area contributed by atoms with Gasteiger partial charge in [-0.3, -0.25) is 4.79 Å². The lowest BCUT2D eigenvalue weighted by atomic mass is 9.97. The highest BCUT2D eigenvalue weighted by Crippen LogP contribution is 2.17. The van der Waals surface area contributed by atoms with Crippen molar-refractivity contribution in [3.63, 3.8) is 0 Å². The Morgan fingerprint density at radius 1 is 1.54 bits per heavy atom. The quantitative estimate of drug-likeness (QED) is 0.504. The molecule has 0 saturated carbocycles. The Bertz CT molecular complexity index is 178. The Morgan fingerprint density at radius 2 is 2.08 bits per heavy atom. The molecule has 0 radical (unpaired) electrons. The summed E-state index contributed by atoms with van der Waals surface area (Å²) in [6.07, 6.45) is 2.34. The maximum atomic E-state index is 10.8. The molecule has 1 rings (SSSR count). The Balaban J connectivity index is 2.26. The van der Waals surface area contributed by atoms with Crippen LogP contribution in [0.5, 0.6) is 0 Å². The summed E-state index contributed by atoms with van der Waals surface area (Å²) in [6, 6.07) is 0. The predicted octanol–water partition coefficient (Wildman–Crippen LogP) is 1.62. The van der Waals surface area contributed by atoms with Gasteiger partial charge in [-0.05, 0) is 50.5 Å². The number of halogens is 1. The van der Waals surface area contributed by atoms with Crippen molar-refractivity contribution in [3.05, 3.63) is 0 Å². The van der Waals surface area contributed by atoms with E-state index in [-0.39, 0.29) is 5.37 Å². The van der Waals surface area contributed by atoms with E-state index in [0.29, 0.717) is 5.92 Å². The smallest absolute Gasteiger partial charge is 0.316 e. The van der Waals surface area contributed by atoms with E-state index >= 15 is 0 Å². The van der Waals surface area contributed by atoms with Crippen LogP contribution in [0.15, 0.2) is 0 Å². The number of nitrogens with zero attached hydrogens (tertiary/aromatic N) is 2. The first-order valence-electron chi connectivity index (χ1n) is 4.68. The summed E-state index contributed by atoms with van der Waals surface area (Å²) >= 11 is 5.35. The van der Waals surface area contributed by atoms with Crippen LogP contribution in [-0.4, -0.2) is 48.9 Å². The number of carbonyl (C=O) groups excluding carboxylic acids is 1. The van der Waals surface area contributed by atoms with Gasteiger partial charge in [0.25, 0.3) is 0 Å². The molecule has 0 aliphatic carbocycles. The van der Waals surface area contributed by atoms with Crippen LogP contribution in [0.2, 0.25) is 0 Å². The molecular weight excluding hydrogens is 188 g/mol. The van der Waals surface area contributed by atoms with Crippen LogP contribution in [0, 0.1) is 5.92 Å². The monoisotopic (exact) mass is 204 g/mol. The second-order valence-corrected chi connectivity index (χ2v) is 4.20. The lowest BCUT2D eigenvalue weighted by Crippen LogP contribution is -2.36. The number of amides is 1. The molecule has 4 heteroatoms. The molecule has 13 heavy (non-hydrogen) atoms. The van der Waals surface area contributed by atoms with Crippen molar-refractivity contribution in [3.8, 4) is 0 Å². The van der Waals surface area contributed by atoms with E-state index in [4.69, 9.17) is 11.6 Å². The van der Waals surface area contributed by atoms with Crippen LogP contribution < -0.4 is 0 Å². The maximum Gasteiger partial charge on any atom is 0.316 e. The van der Waals surface area contributed by atoms with E-state index < -0.39 is 0 Å². The first kappa shape index (κ1) is 10.8. The van der Waals surface area contributed by atoms with Gasteiger partial charge in [0.05, 0.1) is 0 Å². The standard InChI is InChI=1S/C9H17ClN2O/c1-11-5-3-8(4-6-11)7-12(2)9(10)13/h8H,3-7H2,1-2H3. The second-order valence-electron chi connectivity index (χ2n) is 3.88. The number of hydrogen-bond donors (Lipinski definition) is 0. The molecule has 1 aliphatic rings. The minimum absolute atomic E-state index is 0.348. The largest absolute Gasteiger partial charge is 0.332 e. The molecule has 0 aromatic carbocycles. The number of piperidine rings is 1. The zero-order valence-electron chi connectivity index (χ0n) is 8.29. The van der Waals surface area contributed by atoms with Crippen LogP contribution in [0.25, 0.3) is 0 Å². The number of likely N-dealkylation sites (tertiary alicyclic amines) is 1. The fourth-order valence-electron chi connectivity index (χ4n) is 1.70. The van der Waals surface area contributed by atoms with Crippen molar-refractivity contribution in [2.45, 2.75) is 12.8 Å². The first-order valence-corrected chi connectivity index (χ1v) is 5.06. The normalized spacial score (nSPS) is 20.2. The molecule has 0 unspecified atom stereocenters. The summed E-state index contributed by atoms with van der Waals surface area (Å²) in [6.45, 7) is 3.07. The molecule has 0 spiro atoms. The van der Waals surface area contributed by atoms with E-state index in [1.54, 1.807) is 11.9 Å². The van der Waals surface area contributed by atoms with Crippen molar-refractivity contribution < 1.29 is 4.79 Å². The number of rotatable bonds is 2. The fourth-order valence-corrected chi connectivity index (χ4v) is 1.77. The number of hydrogen-bond acceptors (Lipinski definition) is 2. The van der Waals surface area contributed by atoms with Crippen LogP contribution in [0.3, 0.4) is 0 Å². The lowest BCUT2D eigenvalue weighted by molar-refractivity contribution is 0.182. The van der Waals surface area contributed by atoms with Crippen molar-refractivity contribution in [1.29, 1.82) is 0 Å². The summed E-state index contributed by atoms with van der Waals surface area (Å²) in [5.74, 6) is 0.629.